The summed E-state index contributed by atoms with van der Waals surface area (Å²) >= 11 is 0.728. The first kappa shape index (κ1) is 26.5. The van der Waals surface area contributed by atoms with Crippen molar-refractivity contribution >= 4 is 40.6 Å². The molecule has 190 valence electrons. The second-order valence-electron chi connectivity index (χ2n) is 8.48. The van der Waals surface area contributed by atoms with Crippen LogP contribution in [0, 0.1) is 5.92 Å². The van der Waals surface area contributed by atoms with Crippen LogP contribution < -0.4 is 26.4 Å². The molecule has 3 rings (SSSR count). The number of nitrogen functional groups attached to an aromatic ring is 1. The van der Waals surface area contributed by atoms with Crippen molar-refractivity contribution in [2.45, 2.75) is 26.3 Å². The number of nitrogens with two attached hydrogens (primary N) is 2. The summed E-state index contributed by atoms with van der Waals surface area (Å²) in [6, 6.07) is 11.5. The molecule has 0 radical (unpaired) electrons. The third kappa shape index (κ3) is 5.92. The molecular weight excluding hydrogens is 482 g/mol. The van der Waals surface area contributed by atoms with Crippen LogP contribution in [0.3, 0.4) is 0 Å². The Morgan fingerprint density at radius 1 is 1.11 bits per heavy atom. The minimum absolute atomic E-state index is 0.0119. The molecule has 2 aromatic carbocycles. The number of anilines is 2. The molecule has 10 nitrogen and oxygen atoms in total. The normalized spacial score (nSPS) is 11.7. The van der Waals surface area contributed by atoms with Crippen molar-refractivity contribution in [1.82, 2.24) is 9.69 Å². The fourth-order valence-electron chi connectivity index (χ4n) is 3.52. The van der Waals surface area contributed by atoms with E-state index in [9.17, 15) is 19.5 Å². The van der Waals surface area contributed by atoms with Crippen LogP contribution in [0.2, 0.25) is 0 Å². The van der Waals surface area contributed by atoms with E-state index < -0.39 is 23.8 Å². The van der Waals surface area contributed by atoms with Gasteiger partial charge in [0.15, 0.2) is 5.69 Å². The number of phenols is 1. The number of nitrogens with one attached hydrogen (secondary N) is 1. The van der Waals surface area contributed by atoms with Crippen molar-refractivity contribution in [3.8, 4) is 11.5 Å². The van der Waals surface area contributed by atoms with Gasteiger partial charge in [0.25, 0.3) is 11.8 Å². The number of amides is 3. The molecule has 0 saturated heterocycles. The molecule has 0 saturated carbocycles. The molecule has 1 atom stereocenters. The third-order valence-electron chi connectivity index (χ3n) is 5.46. The van der Waals surface area contributed by atoms with E-state index in [4.69, 9.17) is 16.2 Å². The minimum atomic E-state index is -1.13. The number of hydrogen-bond acceptors (Lipinski definition) is 8. The van der Waals surface area contributed by atoms with Crippen LogP contribution >= 0.6 is 11.5 Å². The highest BCUT2D eigenvalue weighted by atomic mass is 32.1. The third-order valence-corrected chi connectivity index (χ3v) is 6.31. The van der Waals surface area contributed by atoms with Gasteiger partial charge in [-0.15, -0.1) is 0 Å². The van der Waals surface area contributed by atoms with Crippen molar-refractivity contribution in [3.63, 3.8) is 0 Å². The number of primary amides is 1. The Morgan fingerprint density at radius 2 is 1.75 bits per heavy atom. The topological polar surface area (TPSA) is 161 Å². The number of benzene rings is 2. The van der Waals surface area contributed by atoms with E-state index in [0.29, 0.717) is 29.5 Å². The lowest BCUT2D eigenvalue weighted by Crippen LogP contribution is -2.44. The van der Waals surface area contributed by atoms with Gasteiger partial charge in [0.2, 0.25) is 5.91 Å². The zero-order chi connectivity index (χ0) is 26.4. The molecule has 0 bridgehead atoms. The predicted molar refractivity (Wildman–Crippen MR) is 138 cm³/mol. The number of carbonyl (C=O) groups excluding carboxylic acids is 3. The number of ether oxygens (including phenoxy) is 1. The van der Waals surface area contributed by atoms with Crippen LogP contribution in [-0.2, 0) is 4.79 Å². The number of aromatic nitrogens is 1. The van der Waals surface area contributed by atoms with Gasteiger partial charge >= 0.3 is 0 Å². The molecular formula is C25H29N5O5S. The van der Waals surface area contributed by atoms with E-state index >= 15 is 0 Å². The summed E-state index contributed by atoms with van der Waals surface area (Å²) in [5.41, 5.74) is 11.9. The van der Waals surface area contributed by atoms with Crippen LogP contribution in [0.5, 0.6) is 11.5 Å². The highest BCUT2D eigenvalue weighted by Crippen LogP contribution is 2.34. The number of nitrogens with zero attached hydrogens (tertiary/aromatic N) is 2. The van der Waals surface area contributed by atoms with E-state index in [2.05, 4.69) is 9.69 Å². The van der Waals surface area contributed by atoms with E-state index in [0.717, 1.165) is 18.0 Å². The summed E-state index contributed by atoms with van der Waals surface area (Å²) in [4.78, 5) is 40.5. The first-order valence-corrected chi connectivity index (χ1v) is 12.0. The maximum Gasteiger partial charge on any atom is 0.273 e. The Labute approximate surface area is 213 Å². The maximum atomic E-state index is 13.9. The number of aromatic hydroxyl groups is 1. The highest BCUT2D eigenvalue weighted by Gasteiger charge is 2.36. The van der Waals surface area contributed by atoms with Crippen molar-refractivity contribution in [1.29, 1.82) is 0 Å². The van der Waals surface area contributed by atoms with Crippen molar-refractivity contribution in [3.05, 3.63) is 64.7 Å². The fourth-order valence-corrected chi connectivity index (χ4v) is 4.26. The predicted octanol–water partition coefficient (Wildman–Crippen LogP) is 3.09. The van der Waals surface area contributed by atoms with Gasteiger partial charge in [-0.3, -0.25) is 19.3 Å². The Kier molecular flexibility index (Phi) is 8.49. The van der Waals surface area contributed by atoms with E-state index in [1.54, 1.807) is 36.4 Å². The average molecular weight is 512 g/mol. The fraction of sp³-hybridized carbons (Fsp3) is 0.280. The highest BCUT2D eigenvalue weighted by molar-refractivity contribution is 7.09. The first-order chi connectivity index (χ1) is 17.1. The summed E-state index contributed by atoms with van der Waals surface area (Å²) in [6.45, 7) is 4.49. The Bertz CT molecular complexity index is 1220. The van der Waals surface area contributed by atoms with Crippen LogP contribution in [-0.4, -0.2) is 40.9 Å². The molecule has 1 heterocycles. The molecule has 0 aliphatic heterocycles. The van der Waals surface area contributed by atoms with Gasteiger partial charge in [-0.25, -0.2) is 0 Å². The largest absolute Gasteiger partial charge is 0.508 e. The van der Waals surface area contributed by atoms with E-state index in [-0.39, 0.29) is 22.0 Å². The first-order valence-electron chi connectivity index (χ1n) is 11.2. The molecule has 0 fully saturated rings. The quantitative estimate of drug-likeness (QED) is 0.325. The van der Waals surface area contributed by atoms with Crippen LogP contribution in [0.1, 0.15) is 52.0 Å². The zero-order valence-corrected chi connectivity index (χ0v) is 21.0. The standard InChI is InChI=1S/C25H29N5O5S/c1-14(2)12-13-28-24(33)21(15-4-8-17(31)9-5-15)30(16-6-10-18(35-3)11-7-16)25(34)22-19(26)20(23(27)32)29-36-22/h4-11,14,21,31H,12-13,26H2,1-3H3,(H2,27,32)(H,28,33)/t21-/m0/s1. The van der Waals surface area contributed by atoms with Crippen LogP contribution in [0.4, 0.5) is 11.4 Å². The SMILES string of the molecule is COc1ccc(N(C(=O)c2snc(C(N)=O)c2N)[C@H](C(=O)NCCC(C)C)c2ccc(O)cc2)cc1. The smallest absolute Gasteiger partial charge is 0.273 e. The number of hydrogen-bond donors (Lipinski definition) is 4. The summed E-state index contributed by atoms with van der Waals surface area (Å²) in [7, 11) is 1.52. The second-order valence-corrected chi connectivity index (χ2v) is 9.25. The monoisotopic (exact) mass is 511 g/mol. The number of rotatable bonds is 10. The summed E-state index contributed by atoms with van der Waals surface area (Å²) < 4.78 is 9.17. The van der Waals surface area contributed by atoms with Gasteiger partial charge in [-0.05, 0) is 65.8 Å². The Hall–Kier alpha value is -4.12. The molecule has 0 unspecified atom stereocenters. The second kappa shape index (κ2) is 11.5. The van der Waals surface area contributed by atoms with E-state index in [1.165, 1.54) is 24.1 Å². The van der Waals surface area contributed by atoms with Gasteiger partial charge in [-0.2, -0.15) is 4.37 Å². The molecule has 0 aliphatic carbocycles. The molecule has 1 aromatic heterocycles. The maximum absolute atomic E-state index is 13.9. The van der Waals surface area contributed by atoms with Crippen molar-refractivity contribution < 1.29 is 24.2 Å². The minimum Gasteiger partial charge on any atom is -0.508 e. The van der Waals surface area contributed by atoms with Crippen LogP contribution in [0.25, 0.3) is 0 Å². The van der Waals surface area contributed by atoms with Crippen LogP contribution in [0.15, 0.2) is 48.5 Å². The van der Waals surface area contributed by atoms with E-state index in [1.807, 2.05) is 13.8 Å². The van der Waals surface area contributed by atoms with Gasteiger partial charge in [0.05, 0.1) is 12.8 Å². The summed E-state index contributed by atoms with van der Waals surface area (Å²) in [5, 5.41) is 12.7. The average Bonchev–Trinajstić information content (AvgIpc) is 3.24. The summed E-state index contributed by atoms with van der Waals surface area (Å²) in [5.74, 6) is -0.996. The molecule has 6 N–H and O–H groups in total. The zero-order valence-electron chi connectivity index (χ0n) is 20.2. The van der Waals surface area contributed by atoms with Gasteiger partial charge in [-0.1, -0.05) is 26.0 Å². The number of methoxy groups -OCH3 is 1. The molecule has 36 heavy (non-hydrogen) atoms. The molecule has 3 aromatic rings. The van der Waals surface area contributed by atoms with Gasteiger partial charge in [0, 0.05) is 12.2 Å². The lowest BCUT2D eigenvalue weighted by molar-refractivity contribution is -0.122. The molecule has 0 aliphatic rings. The molecule has 11 heteroatoms. The molecule has 0 spiro atoms. The summed E-state index contributed by atoms with van der Waals surface area (Å²) in [6.07, 6.45) is 0.744. The number of phenolic OH excluding ortho intramolecular Hbond substituents is 1. The Morgan fingerprint density at radius 3 is 2.28 bits per heavy atom. The Balaban J connectivity index is 2.15. The molecule has 3 amide bonds. The van der Waals surface area contributed by atoms with Gasteiger partial charge in [0.1, 0.15) is 22.4 Å². The van der Waals surface area contributed by atoms with Crippen molar-refractivity contribution in [2.75, 3.05) is 24.3 Å². The lowest BCUT2D eigenvalue weighted by Gasteiger charge is -2.31. The lowest BCUT2D eigenvalue weighted by atomic mass is 10.0. The van der Waals surface area contributed by atoms with Crippen molar-refractivity contribution in [2.24, 2.45) is 11.7 Å². The van der Waals surface area contributed by atoms with Gasteiger partial charge < -0.3 is 26.6 Å². The number of carbonyl (C=O) groups is 3.